The first-order valence-electron chi connectivity index (χ1n) is 6.65. The van der Waals surface area contributed by atoms with Crippen LogP contribution in [0.4, 0.5) is 0 Å². The van der Waals surface area contributed by atoms with Gasteiger partial charge >= 0.3 is 0 Å². The molecule has 0 saturated carbocycles. The highest BCUT2D eigenvalue weighted by atomic mass is 16.5. The van der Waals surface area contributed by atoms with Crippen LogP contribution in [0.15, 0.2) is 36.5 Å². The number of ether oxygens (including phenoxy) is 2. The number of pyridine rings is 1. The van der Waals surface area contributed by atoms with Crippen LogP contribution in [-0.2, 0) is 17.8 Å². The molecule has 0 bridgehead atoms. The summed E-state index contributed by atoms with van der Waals surface area (Å²) in [4.78, 5) is 4.15. The highest BCUT2D eigenvalue weighted by molar-refractivity contribution is 5.69. The van der Waals surface area contributed by atoms with Gasteiger partial charge in [-0.25, -0.2) is 4.98 Å². The van der Waals surface area contributed by atoms with Crippen LogP contribution in [0, 0.1) is 0 Å². The molecule has 1 aromatic heterocycles. The Morgan fingerprint density at radius 2 is 2.10 bits per heavy atom. The van der Waals surface area contributed by atoms with Crippen molar-refractivity contribution in [2.75, 3.05) is 20.8 Å². The Morgan fingerprint density at radius 1 is 1.25 bits per heavy atom. The van der Waals surface area contributed by atoms with Crippen LogP contribution in [0.3, 0.4) is 0 Å². The molecule has 0 saturated heterocycles. The molecule has 2 N–H and O–H groups in total. The summed E-state index contributed by atoms with van der Waals surface area (Å²) in [6.45, 7) is 1.51. The average Bonchev–Trinajstić information content (AvgIpc) is 2.56. The highest BCUT2D eigenvalue weighted by Gasteiger charge is 2.14. The maximum Gasteiger partial charge on any atom is 0.213 e. The van der Waals surface area contributed by atoms with E-state index < -0.39 is 0 Å². The summed E-state index contributed by atoms with van der Waals surface area (Å²) >= 11 is 0. The molecule has 0 atom stereocenters. The Hall–Kier alpha value is -1.91. The van der Waals surface area contributed by atoms with E-state index in [1.807, 2.05) is 12.1 Å². The molecule has 0 amide bonds. The normalized spacial score (nSPS) is 12.9. The third-order valence-corrected chi connectivity index (χ3v) is 3.28. The number of methoxy groups -OCH3 is 1. The van der Waals surface area contributed by atoms with Crippen molar-refractivity contribution in [3.05, 3.63) is 47.7 Å². The zero-order chi connectivity index (χ0) is 14.4. The fourth-order valence-corrected chi connectivity index (χ4v) is 2.38. The molecule has 4 heteroatoms. The van der Waals surface area contributed by atoms with Crippen molar-refractivity contribution in [1.29, 1.82) is 0 Å². The van der Waals surface area contributed by atoms with Gasteiger partial charge in [0.05, 0.1) is 20.3 Å². The van der Waals surface area contributed by atoms with Crippen LogP contribution < -0.4 is 10.5 Å². The van der Waals surface area contributed by atoms with Gasteiger partial charge < -0.3 is 15.2 Å². The van der Waals surface area contributed by atoms with E-state index in [4.69, 9.17) is 9.47 Å². The van der Waals surface area contributed by atoms with Crippen molar-refractivity contribution in [3.63, 3.8) is 0 Å². The van der Waals surface area contributed by atoms with Gasteiger partial charge in [-0.15, -0.1) is 0 Å². The van der Waals surface area contributed by atoms with Crippen molar-refractivity contribution in [3.8, 4) is 17.0 Å². The molecular weight excluding hydrogens is 252 g/mol. The molecule has 0 spiro atoms. The summed E-state index contributed by atoms with van der Waals surface area (Å²) in [5.41, 5.74) is 9.59. The van der Waals surface area contributed by atoms with Crippen molar-refractivity contribution < 1.29 is 9.47 Å². The number of aromatic nitrogens is 1. The highest BCUT2D eigenvalue weighted by Crippen LogP contribution is 2.30. The summed E-state index contributed by atoms with van der Waals surface area (Å²) in [5.74, 6) is 0.650. The van der Waals surface area contributed by atoms with Crippen LogP contribution in [-0.4, -0.2) is 25.7 Å². The van der Waals surface area contributed by atoms with E-state index in [1.54, 1.807) is 13.3 Å². The van der Waals surface area contributed by atoms with Crippen LogP contribution in [0.25, 0.3) is 11.1 Å². The van der Waals surface area contributed by atoms with Gasteiger partial charge in [-0.2, -0.15) is 0 Å². The molecule has 0 fully saturated rings. The molecule has 0 aliphatic carbocycles. The first-order valence-corrected chi connectivity index (χ1v) is 6.65. The average molecular weight is 272 g/mol. The van der Waals surface area contributed by atoms with Crippen molar-refractivity contribution in [2.24, 2.45) is 5.73 Å². The largest absolute Gasteiger partial charge is 0.481 e. The van der Waals surface area contributed by atoms with Crippen molar-refractivity contribution in [1.82, 2.24) is 4.98 Å². The van der Waals surface area contributed by atoms with Crippen molar-refractivity contribution in [2.45, 2.75) is 13.0 Å². The van der Waals surface area contributed by atoms with E-state index >= 15 is 0 Å². The quantitative estimate of drug-likeness (QED) is 0.912. The molecule has 1 aliphatic rings. The first kappa shape index (κ1) is 14.5. The number of hydrogen-bond donors (Lipinski definition) is 1. The van der Waals surface area contributed by atoms with E-state index in [1.165, 1.54) is 23.7 Å². The lowest BCUT2D eigenvalue weighted by molar-refractivity contribution is 0.111. The first-order chi connectivity index (χ1) is 9.88. The van der Waals surface area contributed by atoms with E-state index in [9.17, 15) is 0 Å². The summed E-state index contributed by atoms with van der Waals surface area (Å²) in [6.07, 6.45) is 2.75. The minimum absolute atomic E-state index is 0.650. The Kier molecular flexibility index (Phi) is 5.09. The van der Waals surface area contributed by atoms with Gasteiger partial charge in [0.1, 0.15) is 0 Å². The third-order valence-electron chi connectivity index (χ3n) is 3.28. The SMILES string of the molecule is CN.COc1cc(-c2cccc3c2CCOC3)ccn1. The van der Waals surface area contributed by atoms with E-state index in [-0.39, 0.29) is 0 Å². The van der Waals surface area contributed by atoms with Crippen LogP contribution in [0.2, 0.25) is 0 Å². The van der Waals surface area contributed by atoms with Gasteiger partial charge in [0.2, 0.25) is 5.88 Å². The smallest absolute Gasteiger partial charge is 0.213 e. The summed E-state index contributed by atoms with van der Waals surface area (Å²) in [6, 6.07) is 10.4. The van der Waals surface area contributed by atoms with Gasteiger partial charge in [0, 0.05) is 12.3 Å². The lowest BCUT2D eigenvalue weighted by atomic mass is 9.93. The second-order valence-corrected chi connectivity index (χ2v) is 4.33. The van der Waals surface area contributed by atoms with Crippen LogP contribution in [0.1, 0.15) is 11.1 Å². The summed E-state index contributed by atoms with van der Waals surface area (Å²) in [5, 5.41) is 0. The Labute approximate surface area is 119 Å². The molecule has 2 aromatic rings. The number of rotatable bonds is 2. The molecule has 4 nitrogen and oxygen atoms in total. The third kappa shape index (κ3) is 2.98. The van der Waals surface area contributed by atoms with E-state index in [0.717, 1.165) is 18.6 Å². The number of fused-ring (bicyclic) bond motifs is 1. The lowest BCUT2D eigenvalue weighted by Crippen LogP contribution is -2.10. The van der Waals surface area contributed by atoms with Gasteiger partial charge in [0.25, 0.3) is 0 Å². The number of nitrogens with zero attached hydrogens (tertiary/aromatic N) is 1. The van der Waals surface area contributed by atoms with Gasteiger partial charge in [-0.3, -0.25) is 0 Å². The number of nitrogens with two attached hydrogens (primary N) is 1. The fourth-order valence-electron chi connectivity index (χ4n) is 2.38. The zero-order valence-electron chi connectivity index (χ0n) is 11.9. The number of benzene rings is 1. The van der Waals surface area contributed by atoms with E-state index in [0.29, 0.717) is 12.5 Å². The van der Waals surface area contributed by atoms with Gasteiger partial charge in [-0.05, 0) is 41.8 Å². The Bertz CT molecular complexity index is 570. The standard InChI is InChI=1S/C15H15NO2.CH5N/c1-17-15-9-11(5-7-16-15)13-4-2-3-12-10-18-8-6-14(12)13;1-2/h2-5,7,9H,6,8,10H2,1H3;2H2,1H3. The molecule has 1 aliphatic heterocycles. The maximum absolute atomic E-state index is 5.49. The molecule has 106 valence electrons. The molecule has 20 heavy (non-hydrogen) atoms. The molecule has 1 aromatic carbocycles. The lowest BCUT2D eigenvalue weighted by Gasteiger charge is -2.20. The van der Waals surface area contributed by atoms with Crippen molar-refractivity contribution >= 4 is 0 Å². The molecule has 2 heterocycles. The topological polar surface area (TPSA) is 57.4 Å². The number of hydrogen-bond acceptors (Lipinski definition) is 4. The minimum Gasteiger partial charge on any atom is -0.481 e. The second kappa shape index (κ2) is 7.03. The summed E-state index contributed by atoms with van der Waals surface area (Å²) in [7, 11) is 3.14. The van der Waals surface area contributed by atoms with E-state index in [2.05, 4.69) is 28.9 Å². The van der Waals surface area contributed by atoms with Crippen LogP contribution >= 0.6 is 0 Å². The molecule has 0 unspecified atom stereocenters. The zero-order valence-corrected chi connectivity index (χ0v) is 11.9. The minimum atomic E-state index is 0.650. The Morgan fingerprint density at radius 3 is 2.90 bits per heavy atom. The van der Waals surface area contributed by atoms with Gasteiger partial charge in [0.15, 0.2) is 0 Å². The fraction of sp³-hybridized carbons (Fsp3) is 0.312. The predicted octanol–water partition coefficient (Wildman–Crippen LogP) is 2.40. The maximum atomic E-state index is 5.49. The second-order valence-electron chi connectivity index (χ2n) is 4.33. The van der Waals surface area contributed by atoms with Gasteiger partial charge in [-0.1, -0.05) is 18.2 Å². The molecule has 0 radical (unpaired) electrons. The van der Waals surface area contributed by atoms with Crippen LogP contribution in [0.5, 0.6) is 5.88 Å². The Balaban J connectivity index is 0.000000704. The predicted molar refractivity (Wildman–Crippen MR) is 79.7 cm³/mol. The summed E-state index contributed by atoms with van der Waals surface area (Å²) < 4.78 is 10.7. The molecule has 3 rings (SSSR count). The molecular formula is C16H20N2O2. The monoisotopic (exact) mass is 272 g/mol.